The Balaban J connectivity index is 2.00. The van der Waals surface area contributed by atoms with Crippen molar-refractivity contribution in [3.05, 3.63) is 12.2 Å². The molecule has 1 aliphatic heterocycles. The summed E-state index contributed by atoms with van der Waals surface area (Å²) in [6.45, 7) is 0. The van der Waals surface area contributed by atoms with Gasteiger partial charge in [-0.3, -0.25) is 4.79 Å². The third-order valence-electron chi connectivity index (χ3n) is 2.86. The molecule has 2 rings (SSSR count). The molecule has 1 saturated heterocycles. The van der Waals surface area contributed by atoms with E-state index in [9.17, 15) is 9.59 Å². The molecule has 0 aromatic rings. The van der Waals surface area contributed by atoms with Crippen molar-refractivity contribution in [1.29, 1.82) is 0 Å². The highest BCUT2D eigenvalue weighted by molar-refractivity contribution is 7.99. The largest absolute Gasteiger partial charge is 0.478 e. The fraction of sp³-hybridized carbons (Fsp3) is 0.636. The number of nitrogens with zero attached hydrogens (tertiary/aromatic N) is 1. The fourth-order valence-corrected chi connectivity index (χ4v) is 3.19. The molecule has 0 radical (unpaired) electrons. The van der Waals surface area contributed by atoms with E-state index in [1.165, 1.54) is 6.08 Å². The Kier molecular flexibility index (Phi) is 3.53. The molecule has 1 amide bonds. The van der Waals surface area contributed by atoms with Crippen LogP contribution in [0.2, 0.25) is 0 Å². The van der Waals surface area contributed by atoms with Gasteiger partial charge in [-0.15, -0.1) is 0 Å². The molecule has 4 nitrogen and oxygen atoms in total. The van der Waals surface area contributed by atoms with Gasteiger partial charge < -0.3 is 10.0 Å². The summed E-state index contributed by atoms with van der Waals surface area (Å²) >= 11 is 1.86. The van der Waals surface area contributed by atoms with E-state index in [1.807, 2.05) is 16.7 Å². The minimum absolute atomic E-state index is 0.141. The number of thioether (sulfide) groups is 1. The lowest BCUT2D eigenvalue weighted by molar-refractivity contribution is -0.132. The van der Waals surface area contributed by atoms with Crippen molar-refractivity contribution in [2.75, 3.05) is 11.5 Å². The number of rotatable bonds is 4. The number of carboxylic acids is 1. The van der Waals surface area contributed by atoms with Crippen LogP contribution in [0.5, 0.6) is 0 Å². The van der Waals surface area contributed by atoms with Crippen LogP contribution in [-0.2, 0) is 9.59 Å². The van der Waals surface area contributed by atoms with Crippen LogP contribution >= 0.6 is 11.8 Å². The highest BCUT2D eigenvalue weighted by atomic mass is 32.2. The number of carbonyl (C=O) groups is 2. The Hall–Kier alpha value is -0.970. The third kappa shape index (κ3) is 2.78. The number of hydrogen-bond acceptors (Lipinski definition) is 3. The Bertz CT molecular complexity index is 319. The highest BCUT2D eigenvalue weighted by Gasteiger charge is 2.37. The molecule has 16 heavy (non-hydrogen) atoms. The SMILES string of the molecule is O=C(O)/C=C/C(=O)N(C1CC1)C1CCSC1. The standard InChI is InChI=1S/C11H15NO3S/c13-10(3-4-11(14)15)12(8-1-2-8)9-5-6-16-7-9/h3-4,8-9H,1-2,5-7H2,(H,14,15)/b4-3+. The minimum Gasteiger partial charge on any atom is -0.478 e. The molecule has 0 aromatic heterocycles. The topological polar surface area (TPSA) is 57.6 Å². The number of carbonyl (C=O) groups excluding carboxylic acids is 1. The summed E-state index contributed by atoms with van der Waals surface area (Å²) < 4.78 is 0. The summed E-state index contributed by atoms with van der Waals surface area (Å²) in [7, 11) is 0. The van der Waals surface area contributed by atoms with Crippen LogP contribution in [0.25, 0.3) is 0 Å². The van der Waals surface area contributed by atoms with Crippen LogP contribution in [0.3, 0.4) is 0 Å². The van der Waals surface area contributed by atoms with Gasteiger partial charge in [-0.1, -0.05) is 0 Å². The molecule has 2 aliphatic rings. The summed E-state index contributed by atoms with van der Waals surface area (Å²) in [6.07, 6.45) is 5.28. The molecule has 0 spiro atoms. The van der Waals surface area contributed by atoms with E-state index < -0.39 is 5.97 Å². The van der Waals surface area contributed by atoms with Gasteiger partial charge in [0.15, 0.2) is 0 Å². The molecular weight excluding hydrogens is 226 g/mol. The van der Waals surface area contributed by atoms with Crippen molar-refractivity contribution < 1.29 is 14.7 Å². The van der Waals surface area contributed by atoms with Gasteiger partial charge in [0.25, 0.3) is 0 Å². The molecule has 0 aromatic carbocycles. The number of aliphatic carboxylic acids is 1. The van der Waals surface area contributed by atoms with Crippen LogP contribution < -0.4 is 0 Å². The van der Waals surface area contributed by atoms with E-state index in [4.69, 9.17) is 5.11 Å². The summed E-state index contributed by atoms with van der Waals surface area (Å²) in [4.78, 5) is 24.1. The zero-order chi connectivity index (χ0) is 11.5. The molecule has 0 bridgehead atoms. The van der Waals surface area contributed by atoms with E-state index in [-0.39, 0.29) is 5.91 Å². The average Bonchev–Trinajstić information content (AvgIpc) is 2.91. The van der Waals surface area contributed by atoms with Gasteiger partial charge in [-0.2, -0.15) is 11.8 Å². The van der Waals surface area contributed by atoms with Gasteiger partial charge in [-0.25, -0.2) is 4.79 Å². The first-order valence-electron chi connectivity index (χ1n) is 5.49. The number of carboxylic acid groups (broad SMARTS) is 1. The second kappa shape index (κ2) is 4.91. The molecule has 1 atom stereocenters. The lowest BCUT2D eigenvalue weighted by Crippen LogP contribution is -2.41. The van der Waals surface area contributed by atoms with E-state index in [1.54, 1.807) is 0 Å². The van der Waals surface area contributed by atoms with Crippen LogP contribution in [0.15, 0.2) is 12.2 Å². The molecule has 88 valence electrons. The van der Waals surface area contributed by atoms with E-state index in [0.717, 1.165) is 36.8 Å². The predicted molar refractivity (Wildman–Crippen MR) is 62.4 cm³/mol. The van der Waals surface area contributed by atoms with Crippen LogP contribution in [0, 0.1) is 0 Å². The monoisotopic (exact) mass is 241 g/mol. The van der Waals surface area contributed by atoms with Crippen molar-refractivity contribution >= 4 is 23.6 Å². The maximum absolute atomic E-state index is 11.9. The van der Waals surface area contributed by atoms with Gasteiger partial charge in [0.2, 0.25) is 5.91 Å². The molecule has 2 fully saturated rings. The minimum atomic E-state index is -1.06. The highest BCUT2D eigenvalue weighted by Crippen LogP contribution is 2.33. The van der Waals surface area contributed by atoms with E-state index in [2.05, 4.69) is 0 Å². The summed E-state index contributed by atoms with van der Waals surface area (Å²) in [5.41, 5.74) is 0. The van der Waals surface area contributed by atoms with Crippen molar-refractivity contribution in [1.82, 2.24) is 4.90 Å². The van der Waals surface area contributed by atoms with Crippen molar-refractivity contribution in [2.24, 2.45) is 0 Å². The number of hydrogen-bond donors (Lipinski definition) is 1. The molecular formula is C11H15NO3S. The van der Waals surface area contributed by atoms with Gasteiger partial charge in [0.05, 0.1) is 0 Å². The summed E-state index contributed by atoms with van der Waals surface area (Å²) in [5, 5.41) is 8.50. The molecule has 1 heterocycles. The first-order chi connectivity index (χ1) is 7.68. The van der Waals surface area contributed by atoms with Crippen LogP contribution in [-0.4, -0.2) is 45.5 Å². The van der Waals surface area contributed by atoms with E-state index >= 15 is 0 Å². The zero-order valence-electron chi connectivity index (χ0n) is 8.96. The molecule has 1 aliphatic carbocycles. The van der Waals surface area contributed by atoms with Gasteiger partial charge in [-0.05, 0) is 25.0 Å². The maximum atomic E-state index is 11.9. The van der Waals surface area contributed by atoms with Crippen LogP contribution in [0.1, 0.15) is 19.3 Å². The smallest absolute Gasteiger partial charge is 0.328 e. The quantitative estimate of drug-likeness (QED) is 0.749. The second-order valence-corrected chi connectivity index (χ2v) is 5.32. The zero-order valence-corrected chi connectivity index (χ0v) is 9.78. The van der Waals surface area contributed by atoms with Crippen LogP contribution in [0.4, 0.5) is 0 Å². The van der Waals surface area contributed by atoms with Gasteiger partial charge >= 0.3 is 5.97 Å². The molecule has 5 heteroatoms. The number of amides is 1. The lowest BCUT2D eigenvalue weighted by Gasteiger charge is -2.27. The van der Waals surface area contributed by atoms with Crippen molar-refractivity contribution in [3.63, 3.8) is 0 Å². The van der Waals surface area contributed by atoms with Gasteiger partial charge in [0.1, 0.15) is 0 Å². The molecule has 1 saturated carbocycles. The van der Waals surface area contributed by atoms with Crippen molar-refractivity contribution in [3.8, 4) is 0 Å². The molecule has 1 unspecified atom stereocenters. The first-order valence-corrected chi connectivity index (χ1v) is 6.65. The Morgan fingerprint density at radius 3 is 2.44 bits per heavy atom. The summed E-state index contributed by atoms with van der Waals surface area (Å²) in [5.74, 6) is 0.884. The maximum Gasteiger partial charge on any atom is 0.328 e. The Labute approximate surface area is 98.7 Å². The summed E-state index contributed by atoms with van der Waals surface area (Å²) in [6, 6.07) is 0.665. The Morgan fingerprint density at radius 2 is 1.94 bits per heavy atom. The van der Waals surface area contributed by atoms with Gasteiger partial charge in [0, 0.05) is 30.0 Å². The fourth-order valence-electron chi connectivity index (χ4n) is 1.98. The van der Waals surface area contributed by atoms with Crippen molar-refractivity contribution in [2.45, 2.75) is 31.3 Å². The molecule has 1 N–H and O–H groups in total. The first kappa shape index (κ1) is 11.5. The normalized spacial score (nSPS) is 24.9. The third-order valence-corrected chi connectivity index (χ3v) is 4.01. The lowest BCUT2D eigenvalue weighted by atomic mass is 10.2. The van der Waals surface area contributed by atoms with E-state index in [0.29, 0.717) is 12.1 Å². The predicted octanol–water partition coefficient (Wildman–Crippen LogP) is 1.12. The Morgan fingerprint density at radius 1 is 1.19 bits per heavy atom. The average molecular weight is 241 g/mol. The second-order valence-electron chi connectivity index (χ2n) is 4.17.